The van der Waals surface area contributed by atoms with Crippen LogP contribution in [0.5, 0.6) is 0 Å². The molecule has 0 unspecified atom stereocenters. The third kappa shape index (κ3) is 3.91. The molecule has 3 rings (SSSR count). The Morgan fingerprint density at radius 3 is 2.48 bits per heavy atom. The molecule has 1 heterocycles. The summed E-state index contributed by atoms with van der Waals surface area (Å²) in [5.41, 5.74) is 1.86. The highest BCUT2D eigenvalue weighted by Gasteiger charge is 2.40. The molecule has 0 aliphatic carbocycles. The molecule has 25 heavy (non-hydrogen) atoms. The Morgan fingerprint density at radius 1 is 1.12 bits per heavy atom. The first kappa shape index (κ1) is 17.6. The number of esters is 1. The van der Waals surface area contributed by atoms with Crippen molar-refractivity contribution in [2.45, 2.75) is 37.3 Å². The van der Waals surface area contributed by atoms with E-state index < -0.39 is 22.0 Å². The van der Waals surface area contributed by atoms with Gasteiger partial charge in [0.25, 0.3) is 0 Å². The quantitative estimate of drug-likeness (QED) is 0.770. The predicted molar refractivity (Wildman–Crippen MR) is 94.3 cm³/mol. The van der Waals surface area contributed by atoms with Gasteiger partial charge in [-0.25, -0.2) is 8.42 Å². The van der Waals surface area contributed by atoms with Gasteiger partial charge in [-0.05, 0) is 37.5 Å². The highest BCUT2D eigenvalue weighted by Crippen LogP contribution is 2.27. The SMILES string of the molecule is Cc1ccc(S(=O)(=O)N2CCC[C@@H]2C(=O)OCc2ccccc2)cc1. The normalized spacial score (nSPS) is 18.2. The summed E-state index contributed by atoms with van der Waals surface area (Å²) in [5, 5.41) is 0. The summed E-state index contributed by atoms with van der Waals surface area (Å²) < 4.78 is 32.3. The van der Waals surface area contributed by atoms with Crippen molar-refractivity contribution in [3.05, 3.63) is 65.7 Å². The van der Waals surface area contributed by atoms with E-state index >= 15 is 0 Å². The van der Waals surface area contributed by atoms with E-state index in [0.29, 0.717) is 19.4 Å². The summed E-state index contributed by atoms with van der Waals surface area (Å²) >= 11 is 0. The smallest absolute Gasteiger partial charge is 0.324 e. The molecule has 0 aromatic heterocycles. The summed E-state index contributed by atoms with van der Waals surface area (Å²) in [6.45, 7) is 2.38. The molecule has 0 spiro atoms. The second-order valence-electron chi connectivity index (χ2n) is 6.18. The van der Waals surface area contributed by atoms with Crippen LogP contribution in [0, 0.1) is 6.92 Å². The summed E-state index contributed by atoms with van der Waals surface area (Å²) in [5.74, 6) is -0.489. The molecular weight excluding hydrogens is 338 g/mol. The summed E-state index contributed by atoms with van der Waals surface area (Å²) in [4.78, 5) is 12.6. The first-order valence-corrected chi connectivity index (χ1v) is 9.71. The van der Waals surface area contributed by atoms with Crippen LogP contribution in [0.2, 0.25) is 0 Å². The largest absolute Gasteiger partial charge is 0.460 e. The summed E-state index contributed by atoms with van der Waals surface area (Å²) in [6.07, 6.45) is 1.13. The third-order valence-electron chi connectivity index (χ3n) is 4.33. The molecule has 1 aliphatic heterocycles. The Hall–Kier alpha value is -2.18. The van der Waals surface area contributed by atoms with Crippen molar-refractivity contribution in [3.8, 4) is 0 Å². The van der Waals surface area contributed by atoms with Crippen molar-refractivity contribution >= 4 is 16.0 Å². The van der Waals surface area contributed by atoms with Crippen LogP contribution in [0.1, 0.15) is 24.0 Å². The zero-order valence-electron chi connectivity index (χ0n) is 14.1. The molecule has 1 fully saturated rings. The molecule has 0 N–H and O–H groups in total. The van der Waals surface area contributed by atoms with E-state index in [1.54, 1.807) is 24.3 Å². The Labute approximate surface area is 148 Å². The van der Waals surface area contributed by atoms with Gasteiger partial charge in [0.15, 0.2) is 0 Å². The minimum Gasteiger partial charge on any atom is -0.460 e. The van der Waals surface area contributed by atoms with Crippen molar-refractivity contribution in [1.82, 2.24) is 4.31 Å². The van der Waals surface area contributed by atoms with Gasteiger partial charge in [0, 0.05) is 6.54 Å². The topological polar surface area (TPSA) is 63.7 Å². The number of sulfonamides is 1. The lowest BCUT2D eigenvalue weighted by molar-refractivity contribution is -0.148. The average Bonchev–Trinajstić information content (AvgIpc) is 3.12. The molecule has 0 radical (unpaired) electrons. The lowest BCUT2D eigenvalue weighted by Crippen LogP contribution is -2.41. The number of carbonyl (C=O) groups is 1. The fourth-order valence-corrected chi connectivity index (χ4v) is 4.58. The van der Waals surface area contributed by atoms with Gasteiger partial charge in [-0.1, -0.05) is 48.0 Å². The Morgan fingerprint density at radius 2 is 1.80 bits per heavy atom. The Balaban J connectivity index is 1.73. The van der Waals surface area contributed by atoms with E-state index in [9.17, 15) is 13.2 Å². The highest BCUT2D eigenvalue weighted by molar-refractivity contribution is 7.89. The van der Waals surface area contributed by atoms with Crippen LogP contribution in [0.15, 0.2) is 59.5 Å². The molecule has 2 aromatic carbocycles. The first-order valence-electron chi connectivity index (χ1n) is 8.27. The summed E-state index contributed by atoms with van der Waals surface area (Å²) in [7, 11) is -3.70. The van der Waals surface area contributed by atoms with E-state index in [1.807, 2.05) is 37.3 Å². The van der Waals surface area contributed by atoms with Gasteiger partial charge < -0.3 is 4.74 Å². The van der Waals surface area contributed by atoms with Gasteiger partial charge in [-0.2, -0.15) is 4.31 Å². The minimum atomic E-state index is -3.70. The van der Waals surface area contributed by atoms with Crippen LogP contribution in [-0.2, 0) is 26.2 Å². The maximum atomic E-state index is 12.9. The second kappa shape index (κ2) is 7.37. The van der Waals surface area contributed by atoms with E-state index in [0.717, 1.165) is 11.1 Å². The fourth-order valence-electron chi connectivity index (χ4n) is 2.93. The van der Waals surface area contributed by atoms with E-state index in [-0.39, 0.29) is 11.5 Å². The van der Waals surface area contributed by atoms with Crippen LogP contribution in [0.4, 0.5) is 0 Å². The molecule has 2 aromatic rings. The fraction of sp³-hybridized carbons (Fsp3) is 0.316. The molecule has 132 valence electrons. The van der Waals surface area contributed by atoms with Gasteiger partial charge >= 0.3 is 5.97 Å². The van der Waals surface area contributed by atoms with Gasteiger partial charge in [0.2, 0.25) is 10.0 Å². The molecule has 1 atom stereocenters. The molecule has 1 saturated heterocycles. The van der Waals surface area contributed by atoms with Gasteiger partial charge in [-0.15, -0.1) is 0 Å². The van der Waals surface area contributed by atoms with E-state index in [1.165, 1.54) is 4.31 Å². The number of benzene rings is 2. The Kier molecular flexibility index (Phi) is 5.20. The van der Waals surface area contributed by atoms with Crippen LogP contribution in [0.25, 0.3) is 0 Å². The molecule has 5 nitrogen and oxygen atoms in total. The maximum Gasteiger partial charge on any atom is 0.324 e. The maximum absolute atomic E-state index is 12.9. The zero-order chi connectivity index (χ0) is 17.9. The van der Waals surface area contributed by atoms with Gasteiger partial charge in [0.1, 0.15) is 12.6 Å². The monoisotopic (exact) mass is 359 g/mol. The lowest BCUT2D eigenvalue weighted by atomic mass is 10.2. The Bertz CT molecular complexity index is 831. The predicted octanol–water partition coefficient (Wildman–Crippen LogP) is 2.89. The average molecular weight is 359 g/mol. The number of hydrogen-bond donors (Lipinski definition) is 0. The molecule has 0 bridgehead atoms. The van der Waals surface area contributed by atoms with Crippen molar-refractivity contribution in [3.63, 3.8) is 0 Å². The van der Waals surface area contributed by atoms with Crippen LogP contribution >= 0.6 is 0 Å². The van der Waals surface area contributed by atoms with Crippen molar-refractivity contribution in [2.24, 2.45) is 0 Å². The van der Waals surface area contributed by atoms with E-state index in [2.05, 4.69) is 0 Å². The number of hydrogen-bond acceptors (Lipinski definition) is 4. The number of aryl methyl sites for hydroxylation is 1. The van der Waals surface area contributed by atoms with E-state index in [4.69, 9.17) is 4.74 Å². The van der Waals surface area contributed by atoms with Crippen LogP contribution in [-0.4, -0.2) is 31.3 Å². The molecule has 0 saturated carbocycles. The van der Waals surface area contributed by atoms with Crippen molar-refractivity contribution in [2.75, 3.05) is 6.54 Å². The number of rotatable bonds is 5. The summed E-state index contributed by atoms with van der Waals surface area (Å²) in [6, 6.07) is 15.3. The van der Waals surface area contributed by atoms with Gasteiger partial charge in [0.05, 0.1) is 4.90 Å². The minimum absolute atomic E-state index is 0.147. The standard InChI is InChI=1S/C19H21NO4S/c1-15-9-11-17(12-10-15)25(22,23)20-13-5-8-18(20)19(21)24-14-16-6-3-2-4-7-16/h2-4,6-7,9-12,18H,5,8,13-14H2,1H3/t18-/m1/s1. The second-order valence-corrected chi connectivity index (χ2v) is 8.07. The number of carbonyl (C=O) groups excluding carboxylic acids is 1. The van der Waals surface area contributed by atoms with Gasteiger partial charge in [-0.3, -0.25) is 4.79 Å². The van der Waals surface area contributed by atoms with Crippen molar-refractivity contribution in [1.29, 1.82) is 0 Å². The third-order valence-corrected chi connectivity index (χ3v) is 6.25. The molecule has 0 amide bonds. The molecule has 1 aliphatic rings. The highest BCUT2D eigenvalue weighted by atomic mass is 32.2. The van der Waals surface area contributed by atoms with Crippen LogP contribution in [0.3, 0.4) is 0 Å². The number of ether oxygens (including phenoxy) is 1. The number of nitrogens with zero attached hydrogens (tertiary/aromatic N) is 1. The first-order chi connectivity index (χ1) is 12.0. The lowest BCUT2D eigenvalue weighted by Gasteiger charge is -2.22. The van der Waals surface area contributed by atoms with Crippen LogP contribution < -0.4 is 0 Å². The zero-order valence-corrected chi connectivity index (χ0v) is 14.9. The molecule has 6 heteroatoms. The molecular formula is C19H21NO4S. The van der Waals surface area contributed by atoms with Crippen molar-refractivity contribution < 1.29 is 17.9 Å².